The van der Waals surface area contributed by atoms with E-state index < -0.39 is 0 Å². The van der Waals surface area contributed by atoms with Gasteiger partial charge in [-0.15, -0.1) is 0 Å². The maximum Gasteiger partial charge on any atom is 0.0518 e. The fourth-order valence-corrected chi connectivity index (χ4v) is 1.46. The topological polar surface area (TPSA) is 29.9 Å². The highest BCUT2D eigenvalue weighted by Gasteiger charge is 2.36. The van der Waals surface area contributed by atoms with Crippen LogP contribution in [-0.4, -0.2) is 16.3 Å². The van der Waals surface area contributed by atoms with Gasteiger partial charge in [-0.05, 0) is 24.3 Å². The third-order valence-electron chi connectivity index (χ3n) is 2.88. The molecule has 0 radical (unpaired) electrons. The van der Waals surface area contributed by atoms with E-state index in [1.165, 1.54) is 18.5 Å². The summed E-state index contributed by atoms with van der Waals surface area (Å²) in [7, 11) is 1.98. The third-order valence-corrected chi connectivity index (χ3v) is 2.88. The summed E-state index contributed by atoms with van der Waals surface area (Å²) in [6, 6.07) is 2.06. The van der Waals surface area contributed by atoms with Crippen LogP contribution in [0.4, 0.5) is 0 Å². The molecule has 0 aliphatic heterocycles. The first-order valence-electron chi connectivity index (χ1n) is 4.87. The first kappa shape index (κ1) is 8.75. The van der Waals surface area contributed by atoms with E-state index in [1.807, 2.05) is 17.9 Å². The Morgan fingerprint density at radius 1 is 1.62 bits per heavy atom. The first-order chi connectivity index (χ1) is 6.20. The molecule has 0 atom stereocenters. The Hall–Kier alpha value is -0.830. The van der Waals surface area contributed by atoms with Crippen LogP contribution in [0.5, 0.6) is 0 Å². The van der Waals surface area contributed by atoms with Gasteiger partial charge < -0.3 is 5.32 Å². The van der Waals surface area contributed by atoms with Crippen LogP contribution in [0.15, 0.2) is 12.3 Å². The van der Waals surface area contributed by atoms with Crippen molar-refractivity contribution < 1.29 is 0 Å². The van der Waals surface area contributed by atoms with Gasteiger partial charge in [-0.2, -0.15) is 5.10 Å². The lowest BCUT2D eigenvalue weighted by Gasteiger charge is -2.09. The molecule has 1 fully saturated rings. The normalized spacial score (nSPS) is 18.9. The number of hydrogen-bond donors (Lipinski definition) is 1. The monoisotopic (exact) mass is 179 g/mol. The van der Waals surface area contributed by atoms with Gasteiger partial charge in [0.25, 0.3) is 0 Å². The van der Waals surface area contributed by atoms with Gasteiger partial charge in [0.05, 0.1) is 5.69 Å². The van der Waals surface area contributed by atoms with Crippen molar-refractivity contribution in [1.29, 1.82) is 0 Å². The number of nitrogens with one attached hydrogen (secondary N) is 1. The second-order valence-electron chi connectivity index (χ2n) is 4.36. The van der Waals surface area contributed by atoms with Gasteiger partial charge in [0.2, 0.25) is 0 Å². The van der Waals surface area contributed by atoms with Crippen molar-refractivity contribution >= 4 is 0 Å². The molecule has 1 aliphatic rings. The lowest BCUT2D eigenvalue weighted by atomic mass is 10.1. The zero-order valence-corrected chi connectivity index (χ0v) is 8.38. The van der Waals surface area contributed by atoms with Crippen molar-refractivity contribution in [3.63, 3.8) is 0 Å². The fraction of sp³-hybridized carbons (Fsp3) is 0.700. The van der Waals surface area contributed by atoms with Crippen LogP contribution in [0.25, 0.3) is 0 Å². The van der Waals surface area contributed by atoms with Crippen LogP contribution < -0.4 is 5.32 Å². The summed E-state index contributed by atoms with van der Waals surface area (Å²) in [5.41, 5.74) is 1.85. The smallest absolute Gasteiger partial charge is 0.0518 e. The van der Waals surface area contributed by atoms with Crippen LogP contribution in [-0.2, 0) is 13.6 Å². The minimum absolute atomic E-state index is 0.596. The summed E-state index contributed by atoms with van der Waals surface area (Å²) in [6.07, 6.45) is 4.60. The van der Waals surface area contributed by atoms with Crippen molar-refractivity contribution in [2.45, 2.75) is 26.3 Å². The Balaban J connectivity index is 1.77. The summed E-state index contributed by atoms with van der Waals surface area (Å²) in [4.78, 5) is 0. The maximum atomic E-state index is 4.12. The molecule has 72 valence electrons. The van der Waals surface area contributed by atoms with Gasteiger partial charge in [0, 0.05) is 26.3 Å². The molecule has 1 aromatic rings. The number of nitrogens with zero attached hydrogens (tertiary/aromatic N) is 2. The van der Waals surface area contributed by atoms with Gasteiger partial charge in [-0.25, -0.2) is 0 Å². The van der Waals surface area contributed by atoms with E-state index in [0.29, 0.717) is 5.41 Å². The SMILES string of the molecule is Cn1nccc1CNCC1(C)CC1. The predicted octanol–water partition coefficient (Wildman–Crippen LogP) is 1.31. The Bertz CT molecular complexity index is 286. The lowest BCUT2D eigenvalue weighted by molar-refractivity contribution is 0.490. The van der Waals surface area contributed by atoms with Gasteiger partial charge in [-0.1, -0.05) is 6.92 Å². The minimum atomic E-state index is 0.596. The van der Waals surface area contributed by atoms with E-state index in [9.17, 15) is 0 Å². The number of aromatic nitrogens is 2. The van der Waals surface area contributed by atoms with Gasteiger partial charge in [0.1, 0.15) is 0 Å². The van der Waals surface area contributed by atoms with Crippen LogP contribution in [0.3, 0.4) is 0 Å². The molecule has 13 heavy (non-hydrogen) atoms. The fourth-order valence-electron chi connectivity index (χ4n) is 1.46. The Morgan fingerprint density at radius 2 is 2.38 bits per heavy atom. The average Bonchev–Trinajstić information content (AvgIpc) is 2.68. The van der Waals surface area contributed by atoms with Crippen molar-refractivity contribution in [3.8, 4) is 0 Å². The molecular formula is C10H17N3. The van der Waals surface area contributed by atoms with E-state index in [-0.39, 0.29) is 0 Å². The molecule has 1 saturated carbocycles. The summed E-state index contributed by atoms with van der Waals surface area (Å²) >= 11 is 0. The summed E-state index contributed by atoms with van der Waals surface area (Å²) in [5, 5.41) is 7.59. The average molecular weight is 179 g/mol. The highest BCUT2D eigenvalue weighted by atomic mass is 15.3. The molecule has 0 unspecified atom stereocenters. The molecular weight excluding hydrogens is 162 g/mol. The molecule has 3 nitrogen and oxygen atoms in total. The van der Waals surface area contributed by atoms with E-state index in [0.717, 1.165) is 13.1 Å². The number of rotatable bonds is 4. The molecule has 1 heterocycles. The van der Waals surface area contributed by atoms with Gasteiger partial charge >= 0.3 is 0 Å². The van der Waals surface area contributed by atoms with Crippen LogP contribution in [0.2, 0.25) is 0 Å². The molecule has 0 aromatic carbocycles. The standard InChI is InChI=1S/C10H17N3/c1-10(4-5-10)8-11-7-9-3-6-12-13(9)2/h3,6,11H,4-5,7-8H2,1-2H3. The molecule has 1 aliphatic carbocycles. The molecule has 1 aromatic heterocycles. The van der Waals surface area contributed by atoms with Gasteiger partial charge in [0.15, 0.2) is 0 Å². The van der Waals surface area contributed by atoms with Crippen LogP contribution in [0, 0.1) is 5.41 Å². The Kier molecular flexibility index (Phi) is 2.12. The maximum absolute atomic E-state index is 4.12. The van der Waals surface area contributed by atoms with E-state index >= 15 is 0 Å². The molecule has 1 N–H and O–H groups in total. The zero-order chi connectivity index (χ0) is 9.31. The largest absolute Gasteiger partial charge is 0.311 e. The molecule has 0 saturated heterocycles. The Labute approximate surface area is 79.1 Å². The predicted molar refractivity (Wildman–Crippen MR) is 52.3 cm³/mol. The van der Waals surface area contributed by atoms with Crippen molar-refractivity contribution in [2.24, 2.45) is 12.5 Å². The minimum Gasteiger partial charge on any atom is -0.311 e. The number of aryl methyl sites for hydroxylation is 1. The van der Waals surface area contributed by atoms with Crippen molar-refractivity contribution in [2.75, 3.05) is 6.54 Å². The van der Waals surface area contributed by atoms with Crippen LogP contribution >= 0.6 is 0 Å². The first-order valence-corrected chi connectivity index (χ1v) is 4.87. The second-order valence-corrected chi connectivity index (χ2v) is 4.36. The quantitative estimate of drug-likeness (QED) is 0.755. The third kappa shape index (κ3) is 2.10. The van der Waals surface area contributed by atoms with Crippen LogP contribution in [0.1, 0.15) is 25.5 Å². The van der Waals surface area contributed by atoms with E-state index in [1.54, 1.807) is 0 Å². The highest BCUT2D eigenvalue weighted by molar-refractivity contribution is 5.00. The van der Waals surface area contributed by atoms with E-state index in [4.69, 9.17) is 0 Å². The summed E-state index contributed by atoms with van der Waals surface area (Å²) in [6.45, 7) is 4.41. The van der Waals surface area contributed by atoms with Gasteiger partial charge in [-0.3, -0.25) is 4.68 Å². The Morgan fingerprint density at radius 3 is 2.92 bits per heavy atom. The lowest BCUT2D eigenvalue weighted by Crippen LogP contribution is -2.22. The van der Waals surface area contributed by atoms with Crippen molar-refractivity contribution in [1.82, 2.24) is 15.1 Å². The summed E-state index contributed by atoms with van der Waals surface area (Å²) in [5.74, 6) is 0. The summed E-state index contributed by atoms with van der Waals surface area (Å²) < 4.78 is 1.92. The van der Waals surface area contributed by atoms with Crippen molar-refractivity contribution in [3.05, 3.63) is 18.0 Å². The number of hydrogen-bond acceptors (Lipinski definition) is 2. The zero-order valence-electron chi connectivity index (χ0n) is 8.38. The molecule has 3 heteroatoms. The molecule has 0 bridgehead atoms. The molecule has 2 rings (SSSR count). The van der Waals surface area contributed by atoms with E-state index in [2.05, 4.69) is 23.4 Å². The second kappa shape index (κ2) is 3.14. The molecule has 0 spiro atoms. The highest BCUT2D eigenvalue weighted by Crippen LogP contribution is 2.44. The molecule has 0 amide bonds.